The van der Waals surface area contributed by atoms with Crippen molar-refractivity contribution in [2.75, 3.05) is 5.75 Å². The Balaban J connectivity index is 4.04. The van der Waals surface area contributed by atoms with Crippen LogP contribution in [0.1, 0.15) is 73.1 Å². The summed E-state index contributed by atoms with van der Waals surface area (Å²) in [6.07, 6.45) is -1.61. The van der Waals surface area contributed by atoms with E-state index in [1.54, 1.807) is 11.8 Å². The van der Waals surface area contributed by atoms with Gasteiger partial charge in [0, 0.05) is 6.42 Å². The summed E-state index contributed by atoms with van der Waals surface area (Å²) in [5, 5.41) is -0.190. The molecule has 0 aromatic carbocycles. The summed E-state index contributed by atoms with van der Waals surface area (Å²) in [4.78, 5) is 12.2. The molecule has 0 fully saturated rings. The zero-order valence-corrected chi connectivity index (χ0v) is 15.8. The summed E-state index contributed by atoms with van der Waals surface area (Å²) in [5.41, 5.74) is -0.496. The lowest BCUT2D eigenvalue weighted by molar-refractivity contribution is -0.154. The molecule has 0 radical (unpaired) electrons. The Kier molecular flexibility index (Phi) is 10.3. The molecule has 1 unspecified atom stereocenters. The van der Waals surface area contributed by atoms with Crippen LogP contribution >= 0.6 is 11.8 Å². The molecule has 0 saturated heterocycles. The van der Waals surface area contributed by atoms with Gasteiger partial charge in [-0.25, -0.2) is 0 Å². The second-order valence-corrected chi connectivity index (χ2v) is 8.61. The molecule has 0 aromatic rings. The second kappa shape index (κ2) is 10.5. The number of esters is 1. The minimum atomic E-state index is -4.05. The van der Waals surface area contributed by atoms with E-state index in [4.69, 9.17) is 4.74 Å². The number of halogens is 3. The van der Waals surface area contributed by atoms with E-state index < -0.39 is 18.2 Å². The Bertz CT molecular complexity index is 336. The zero-order valence-electron chi connectivity index (χ0n) is 15.0. The van der Waals surface area contributed by atoms with Gasteiger partial charge < -0.3 is 4.74 Å². The van der Waals surface area contributed by atoms with Gasteiger partial charge >= 0.3 is 12.1 Å². The molecule has 0 rings (SSSR count). The largest absolute Gasteiger partial charge is 0.459 e. The van der Waals surface area contributed by atoms with E-state index in [9.17, 15) is 18.0 Å². The number of carbonyl (C=O) groups is 1. The van der Waals surface area contributed by atoms with Crippen LogP contribution in [0.15, 0.2) is 0 Å². The third-order valence-corrected chi connectivity index (χ3v) is 4.34. The van der Waals surface area contributed by atoms with Crippen LogP contribution in [0.4, 0.5) is 13.2 Å². The lowest BCUT2D eigenvalue weighted by atomic mass is 10.1. The van der Waals surface area contributed by atoms with Crippen molar-refractivity contribution in [2.45, 2.75) is 90.2 Å². The molecule has 0 aliphatic rings. The van der Waals surface area contributed by atoms with Gasteiger partial charge in [0.05, 0.1) is 0 Å². The standard InChI is InChI=1S/C17H31F3O2S/c1-13(2)12-14(15(21)22-16(3,4)5)23-11-9-7-6-8-10-17(18,19)20/h13-14H,6-12H2,1-5H3. The van der Waals surface area contributed by atoms with Crippen molar-refractivity contribution >= 4 is 17.7 Å². The highest BCUT2D eigenvalue weighted by molar-refractivity contribution is 8.00. The number of hydrogen-bond acceptors (Lipinski definition) is 3. The van der Waals surface area contributed by atoms with Crippen LogP contribution in [-0.2, 0) is 9.53 Å². The van der Waals surface area contributed by atoms with Crippen molar-refractivity contribution in [3.63, 3.8) is 0 Å². The molecule has 6 heteroatoms. The van der Waals surface area contributed by atoms with Gasteiger partial charge in [0.1, 0.15) is 10.9 Å². The summed E-state index contributed by atoms with van der Waals surface area (Å²) in [6, 6.07) is 0. The Morgan fingerprint density at radius 3 is 2.09 bits per heavy atom. The van der Waals surface area contributed by atoms with Gasteiger partial charge in [-0.15, -0.1) is 11.8 Å². The second-order valence-electron chi connectivity index (χ2n) is 7.30. The molecule has 0 amide bonds. The number of rotatable bonds is 10. The van der Waals surface area contributed by atoms with E-state index in [2.05, 4.69) is 13.8 Å². The van der Waals surface area contributed by atoms with Gasteiger partial charge in [0.15, 0.2) is 0 Å². The molecule has 0 saturated carbocycles. The van der Waals surface area contributed by atoms with Crippen molar-refractivity contribution in [1.29, 1.82) is 0 Å². The normalized spacial score (nSPS) is 14.1. The topological polar surface area (TPSA) is 26.3 Å². The first-order valence-corrected chi connectivity index (χ1v) is 9.37. The van der Waals surface area contributed by atoms with E-state index in [0.717, 1.165) is 25.0 Å². The number of ether oxygens (including phenoxy) is 1. The molecular weight excluding hydrogens is 325 g/mol. The minimum absolute atomic E-state index is 0.187. The van der Waals surface area contributed by atoms with Crippen LogP contribution in [-0.4, -0.2) is 28.7 Å². The molecule has 0 N–H and O–H groups in total. The van der Waals surface area contributed by atoms with Crippen molar-refractivity contribution < 1.29 is 22.7 Å². The Labute approximate surface area is 142 Å². The number of hydrogen-bond donors (Lipinski definition) is 0. The molecule has 0 aliphatic heterocycles. The van der Waals surface area contributed by atoms with Crippen LogP contribution in [0, 0.1) is 5.92 Å². The fourth-order valence-electron chi connectivity index (χ4n) is 2.03. The van der Waals surface area contributed by atoms with Crippen molar-refractivity contribution in [3.05, 3.63) is 0 Å². The maximum Gasteiger partial charge on any atom is 0.389 e. The lowest BCUT2D eigenvalue weighted by Gasteiger charge is -2.24. The fourth-order valence-corrected chi connectivity index (χ4v) is 3.40. The van der Waals surface area contributed by atoms with Crippen LogP contribution in [0.25, 0.3) is 0 Å². The van der Waals surface area contributed by atoms with E-state index in [1.165, 1.54) is 0 Å². The molecule has 138 valence electrons. The SMILES string of the molecule is CC(C)CC(SCCCCCCC(F)(F)F)C(=O)OC(C)(C)C. The quantitative estimate of drug-likeness (QED) is 0.355. The van der Waals surface area contributed by atoms with Crippen LogP contribution < -0.4 is 0 Å². The number of carbonyl (C=O) groups excluding carboxylic acids is 1. The van der Waals surface area contributed by atoms with Gasteiger partial charge in [-0.2, -0.15) is 13.2 Å². The highest BCUT2D eigenvalue weighted by Crippen LogP contribution is 2.26. The predicted molar refractivity (Wildman–Crippen MR) is 90.7 cm³/mol. The van der Waals surface area contributed by atoms with Crippen LogP contribution in [0.5, 0.6) is 0 Å². The first-order valence-electron chi connectivity index (χ1n) is 8.32. The first kappa shape index (κ1) is 22.6. The first-order chi connectivity index (χ1) is 10.4. The van der Waals surface area contributed by atoms with E-state index in [-0.39, 0.29) is 17.6 Å². The summed E-state index contributed by atoms with van der Waals surface area (Å²) in [5.74, 6) is 0.989. The lowest BCUT2D eigenvalue weighted by Crippen LogP contribution is -2.31. The molecule has 0 aliphatic carbocycles. The van der Waals surface area contributed by atoms with Crippen LogP contribution in [0.2, 0.25) is 0 Å². The fraction of sp³-hybridized carbons (Fsp3) is 0.941. The van der Waals surface area contributed by atoms with Gasteiger partial charge in [-0.3, -0.25) is 4.79 Å². The maximum absolute atomic E-state index is 12.2. The monoisotopic (exact) mass is 356 g/mol. The third-order valence-electron chi connectivity index (χ3n) is 3.03. The number of unbranched alkanes of at least 4 members (excludes halogenated alkanes) is 3. The van der Waals surface area contributed by atoms with Crippen molar-refractivity contribution in [3.8, 4) is 0 Å². The average molecular weight is 356 g/mol. The van der Waals surface area contributed by atoms with E-state index in [0.29, 0.717) is 12.3 Å². The summed E-state index contributed by atoms with van der Waals surface area (Å²) >= 11 is 1.57. The smallest absolute Gasteiger partial charge is 0.389 e. The zero-order chi connectivity index (χ0) is 18.1. The van der Waals surface area contributed by atoms with Crippen LogP contribution in [0.3, 0.4) is 0 Å². The van der Waals surface area contributed by atoms with E-state index in [1.807, 2.05) is 20.8 Å². The highest BCUT2D eigenvalue weighted by atomic mass is 32.2. The van der Waals surface area contributed by atoms with Crippen molar-refractivity contribution in [2.24, 2.45) is 5.92 Å². The Morgan fingerprint density at radius 1 is 1.04 bits per heavy atom. The summed E-state index contributed by atoms with van der Waals surface area (Å²) < 4.78 is 41.5. The van der Waals surface area contributed by atoms with Gasteiger partial charge in [0.25, 0.3) is 0 Å². The molecule has 0 bridgehead atoms. The maximum atomic E-state index is 12.2. The molecule has 2 nitrogen and oxygen atoms in total. The molecule has 1 atom stereocenters. The Morgan fingerprint density at radius 2 is 1.61 bits per heavy atom. The van der Waals surface area contributed by atoms with Crippen molar-refractivity contribution in [1.82, 2.24) is 0 Å². The molecular formula is C17H31F3O2S. The summed E-state index contributed by atoms with van der Waals surface area (Å²) in [6.45, 7) is 9.68. The van der Waals surface area contributed by atoms with Gasteiger partial charge in [0.2, 0.25) is 0 Å². The minimum Gasteiger partial charge on any atom is -0.459 e. The predicted octanol–water partition coefficient (Wildman–Crippen LogP) is 5.99. The molecule has 0 spiro atoms. The van der Waals surface area contributed by atoms with Gasteiger partial charge in [-0.1, -0.05) is 26.7 Å². The number of thioether (sulfide) groups is 1. The number of alkyl halides is 3. The van der Waals surface area contributed by atoms with E-state index >= 15 is 0 Å². The average Bonchev–Trinajstić information content (AvgIpc) is 2.32. The third kappa shape index (κ3) is 14.9. The molecule has 0 heterocycles. The Hall–Kier alpha value is -0.390. The molecule has 23 heavy (non-hydrogen) atoms. The summed E-state index contributed by atoms with van der Waals surface area (Å²) in [7, 11) is 0. The highest BCUT2D eigenvalue weighted by Gasteiger charge is 2.27. The van der Waals surface area contributed by atoms with Gasteiger partial charge in [-0.05, 0) is 51.7 Å². The molecule has 0 aromatic heterocycles.